The summed E-state index contributed by atoms with van der Waals surface area (Å²) in [5.74, 6) is 0.489. The molecule has 21 heavy (non-hydrogen) atoms. The van der Waals surface area contributed by atoms with Gasteiger partial charge in [0.25, 0.3) is 0 Å². The van der Waals surface area contributed by atoms with Gasteiger partial charge in [-0.15, -0.1) is 12.4 Å². The highest BCUT2D eigenvalue weighted by Crippen LogP contribution is 2.14. The van der Waals surface area contributed by atoms with Crippen LogP contribution in [0.2, 0.25) is 0 Å². The lowest BCUT2D eigenvalue weighted by Gasteiger charge is -2.04. The molecule has 2 aromatic rings. The Balaban J connectivity index is 0.00000220. The molecule has 0 amide bonds. The maximum atomic E-state index is 12.5. The fourth-order valence-electron chi connectivity index (χ4n) is 1.71. The number of pyridine rings is 1. The quantitative estimate of drug-likeness (QED) is 0.879. The lowest BCUT2D eigenvalue weighted by Crippen LogP contribution is -2.26. The van der Waals surface area contributed by atoms with E-state index in [0.717, 1.165) is 14.7 Å². The number of aromatic nitrogens is 4. The molecule has 9 heteroatoms. The van der Waals surface area contributed by atoms with Gasteiger partial charge in [-0.05, 0) is 40.1 Å². The Morgan fingerprint density at radius 1 is 1.57 bits per heavy atom. The van der Waals surface area contributed by atoms with Crippen LogP contribution in [0, 0.1) is 6.92 Å². The van der Waals surface area contributed by atoms with Crippen molar-refractivity contribution < 1.29 is 4.39 Å². The SMILES string of the molecule is Cc1cc(Br)cnc1-n1cnn(C/C(=C/F)CN)c1=O.Cl. The Labute approximate surface area is 135 Å². The molecular weight excluding hydrogens is 365 g/mol. The molecule has 0 aliphatic carbocycles. The van der Waals surface area contributed by atoms with E-state index < -0.39 is 5.69 Å². The maximum Gasteiger partial charge on any atom is 0.351 e. The Morgan fingerprint density at radius 2 is 2.29 bits per heavy atom. The zero-order valence-electron chi connectivity index (χ0n) is 11.2. The molecular formula is C12H14BrClFN5O. The number of nitrogens with zero attached hydrogens (tertiary/aromatic N) is 4. The second kappa shape index (κ2) is 7.48. The monoisotopic (exact) mass is 377 g/mol. The van der Waals surface area contributed by atoms with Gasteiger partial charge in [-0.3, -0.25) is 0 Å². The Kier molecular flexibility index (Phi) is 6.25. The zero-order chi connectivity index (χ0) is 14.7. The van der Waals surface area contributed by atoms with Crippen molar-refractivity contribution in [3.63, 3.8) is 0 Å². The first kappa shape index (κ1) is 17.5. The van der Waals surface area contributed by atoms with Crippen LogP contribution < -0.4 is 11.4 Å². The molecule has 0 aliphatic heterocycles. The van der Waals surface area contributed by atoms with Crippen molar-refractivity contribution in [2.45, 2.75) is 13.5 Å². The third-order valence-corrected chi connectivity index (χ3v) is 3.18. The number of nitrogens with two attached hydrogens (primary N) is 1. The van der Waals surface area contributed by atoms with Gasteiger partial charge in [0.1, 0.15) is 12.1 Å². The lowest BCUT2D eigenvalue weighted by atomic mass is 10.3. The average Bonchev–Trinajstić information content (AvgIpc) is 2.77. The second-order valence-corrected chi connectivity index (χ2v) is 5.12. The first-order valence-corrected chi connectivity index (χ1v) is 6.61. The lowest BCUT2D eigenvalue weighted by molar-refractivity contribution is 0.612. The number of halogens is 3. The molecule has 6 nitrogen and oxygen atoms in total. The van der Waals surface area contributed by atoms with Gasteiger partial charge in [0.2, 0.25) is 0 Å². The summed E-state index contributed by atoms with van der Waals surface area (Å²) in [4.78, 5) is 16.4. The van der Waals surface area contributed by atoms with Crippen molar-refractivity contribution >= 4 is 28.3 Å². The van der Waals surface area contributed by atoms with Crippen molar-refractivity contribution in [2.75, 3.05) is 6.54 Å². The van der Waals surface area contributed by atoms with Gasteiger partial charge in [0, 0.05) is 17.2 Å². The van der Waals surface area contributed by atoms with E-state index >= 15 is 0 Å². The summed E-state index contributed by atoms with van der Waals surface area (Å²) in [5.41, 5.74) is 6.08. The van der Waals surface area contributed by atoms with E-state index in [0.29, 0.717) is 12.1 Å². The predicted octanol–water partition coefficient (Wildman–Crippen LogP) is 1.73. The van der Waals surface area contributed by atoms with Gasteiger partial charge >= 0.3 is 5.69 Å². The highest BCUT2D eigenvalue weighted by Gasteiger charge is 2.11. The summed E-state index contributed by atoms with van der Waals surface area (Å²) in [5, 5.41) is 3.94. The van der Waals surface area contributed by atoms with Crippen LogP contribution >= 0.6 is 28.3 Å². The Morgan fingerprint density at radius 3 is 2.86 bits per heavy atom. The number of rotatable bonds is 4. The molecule has 0 saturated heterocycles. The molecule has 2 N–H and O–H groups in total. The summed E-state index contributed by atoms with van der Waals surface area (Å²) in [6.07, 6.45) is 3.35. The van der Waals surface area contributed by atoms with Crippen molar-refractivity contribution in [3.8, 4) is 5.82 Å². The van der Waals surface area contributed by atoms with E-state index in [4.69, 9.17) is 5.73 Å². The highest BCUT2D eigenvalue weighted by atomic mass is 79.9. The van der Waals surface area contributed by atoms with Crippen LogP contribution in [0.4, 0.5) is 4.39 Å². The summed E-state index contributed by atoms with van der Waals surface area (Å²) in [6, 6.07) is 1.85. The molecule has 0 bridgehead atoms. The molecule has 0 aromatic carbocycles. The summed E-state index contributed by atoms with van der Waals surface area (Å²) in [6.45, 7) is 1.89. The normalized spacial score (nSPS) is 11.3. The fraction of sp³-hybridized carbons (Fsp3) is 0.250. The van der Waals surface area contributed by atoms with Crippen LogP contribution in [0.15, 0.2) is 39.8 Å². The predicted molar refractivity (Wildman–Crippen MR) is 83.5 cm³/mol. The standard InChI is InChI=1S/C12H13BrFN5O.ClH/c1-8-2-10(13)5-16-11(8)18-7-17-19(12(18)20)6-9(3-14)4-15;/h2-3,5,7H,4,6,15H2,1H3;1H/b9-3+;. The van der Waals surface area contributed by atoms with E-state index in [1.807, 2.05) is 13.0 Å². The number of hydrogen-bond donors (Lipinski definition) is 1. The molecule has 0 radical (unpaired) electrons. The molecule has 0 atom stereocenters. The summed E-state index contributed by atoms with van der Waals surface area (Å²) in [7, 11) is 0. The minimum Gasteiger partial charge on any atom is -0.327 e. The Bertz CT molecular complexity index is 712. The highest BCUT2D eigenvalue weighted by molar-refractivity contribution is 9.10. The largest absolute Gasteiger partial charge is 0.351 e. The maximum absolute atomic E-state index is 12.5. The van der Waals surface area contributed by atoms with Gasteiger partial charge < -0.3 is 5.73 Å². The van der Waals surface area contributed by atoms with Crippen LogP contribution in [-0.2, 0) is 6.54 Å². The van der Waals surface area contributed by atoms with Crippen LogP contribution in [0.5, 0.6) is 0 Å². The van der Waals surface area contributed by atoms with Crippen molar-refractivity contribution in [1.29, 1.82) is 0 Å². The van der Waals surface area contributed by atoms with Crippen LogP contribution in [0.3, 0.4) is 0 Å². The molecule has 2 aromatic heterocycles. The zero-order valence-corrected chi connectivity index (χ0v) is 13.6. The minimum absolute atomic E-state index is 0. The third kappa shape index (κ3) is 3.78. The summed E-state index contributed by atoms with van der Waals surface area (Å²) < 4.78 is 15.8. The molecule has 0 fully saturated rings. The van der Waals surface area contributed by atoms with Gasteiger partial charge in [-0.2, -0.15) is 5.10 Å². The first-order chi connectivity index (χ1) is 9.56. The molecule has 0 saturated carbocycles. The van der Waals surface area contributed by atoms with Gasteiger partial charge in [0.15, 0.2) is 0 Å². The molecule has 114 valence electrons. The molecule has 2 rings (SSSR count). The topological polar surface area (TPSA) is 78.7 Å². The molecule has 0 aliphatic rings. The molecule has 0 unspecified atom stereocenters. The third-order valence-electron chi connectivity index (χ3n) is 2.75. The van der Waals surface area contributed by atoms with Crippen LogP contribution in [-0.4, -0.2) is 25.9 Å². The Hall–Kier alpha value is -1.51. The van der Waals surface area contributed by atoms with Crippen LogP contribution in [0.25, 0.3) is 5.82 Å². The van der Waals surface area contributed by atoms with Crippen LogP contribution in [0.1, 0.15) is 5.56 Å². The first-order valence-electron chi connectivity index (χ1n) is 5.82. The van der Waals surface area contributed by atoms with Gasteiger partial charge in [0.05, 0.1) is 12.9 Å². The van der Waals surface area contributed by atoms with E-state index in [1.54, 1.807) is 6.20 Å². The number of aryl methyl sites for hydroxylation is 1. The van der Waals surface area contributed by atoms with Gasteiger partial charge in [-0.1, -0.05) is 0 Å². The van der Waals surface area contributed by atoms with Crippen molar-refractivity contribution in [3.05, 3.63) is 51.0 Å². The fourth-order valence-corrected chi connectivity index (χ4v) is 2.16. The second-order valence-electron chi connectivity index (χ2n) is 4.21. The van der Waals surface area contributed by atoms with Gasteiger partial charge in [-0.25, -0.2) is 23.4 Å². The summed E-state index contributed by atoms with van der Waals surface area (Å²) >= 11 is 3.31. The van der Waals surface area contributed by atoms with E-state index in [-0.39, 0.29) is 31.1 Å². The van der Waals surface area contributed by atoms with Crippen molar-refractivity contribution in [2.24, 2.45) is 5.73 Å². The molecule has 0 spiro atoms. The van der Waals surface area contributed by atoms with Crippen molar-refractivity contribution in [1.82, 2.24) is 19.3 Å². The average molecular weight is 379 g/mol. The number of hydrogen-bond acceptors (Lipinski definition) is 4. The van der Waals surface area contributed by atoms with E-state index in [9.17, 15) is 9.18 Å². The minimum atomic E-state index is -0.393. The molecule has 2 heterocycles. The smallest absolute Gasteiger partial charge is 0.327 e. The van der Waals surface area contributed by atoms with E-state index in [1.165, 1.54) is 10.9 Å². The van der Waals surface area contributed by atoms with E-state index in [2.05, 4.69) is 26.0 Å².